The summed E-state index contributed by atoms with van der Waals surface area (Å²) < 4.78 is 17.0. The molecule has 0 aromatic heterocycles. The molecule has 176 valence electrons. The van der Waals surface area contributed by atoms with Crippen molar-refractivity contribution in [3.63, 3.8) is 0 Å². The number of carbonyl (C=O) groups is 2. The van der Waals surface area contributed by atoms with Crippen LogP contribution in [0, 0.1) is 20.8 Å². The monoisotopic (exact) mass is 524 g/mol. The Morgan fingerprint density at radius 1 is 1.00 bits per heavy atom. The fraction of sp³-hybridized carbons (Fsp3) is 0.192. The van der Waals surface area contributed by atoms with Crippen LogP contribution in [-0.2, 0) is 4.79 Å². The van der Waals surface area contributed by atoms with E-state index in [0.717, 1.165) is 16.7 Å². The molecule has 0 radical (unpaired) electrons. The van der Waals surface area contributed by atoms with E-state index in [4.69, 9.17) is 14.2 Å². The molecule has 0 saturated carbocycles. The Labute approximate surface area is 206 Å². The van der Waals surface area contributed by atoms with Gasteiger partial charge in [0.1, 0.15) is 5.75 Å². The van der Waals surface area contributed by atoms with Crippen molar-refractivity contribution in [2.45, 2.75) is 20.8 Å². The highest BCUT2D eigenvalue weighted by Crippen LogP contribution is 2.37. The van der Waals surface area contributed by atoms with Crippen LogP contribution in [0.3, 0.4) is 0 Å². The van der Waals surface area contributed by atoms with E-state index >= 15 is 0 Å². The van der Waals surface area contributed by atoms with Crippen LogP contribution in [0.25, 0.3) is 0 Å². The predicted molar refractivity (Wildman–Crippen MR) is 134 cm³/mol. The Hall–Kier alpha value is -3.65. The molecule has 0 aliphatic rings. The van der Waals surface area contributed by atoms with Crippen molar-refractivity contribution in [1.29, 1.82) is 0 Å². The molecule has 3 rings (SSSR count). The average molecular weight is 525 g/mol. The van der Waals surface area contributed by atoms with Crippen LogP contribution in [0.15, 0.2) is 64.2 Å². The number of carbonyl (C=O) groups excluding carboxylic acids is 2. The zero-order valence-corrected chi connectivity index (χ0v) is 20.9. The van der Waals surface area contributed by atoms with Crippen molar-refractivity contribution >= 4 is 34.0 Å². The van der Waals surface area contributed by atoms with Gasteiger partial charge in [0.25, 0.3) is 5.91 Å². The third-order valence-electron chi connectivity index (χ3n) is 4.89. The van der Waals surface area contributed by atoms with E-state index in [1.807, 2.05) is 51.1 Å². The third kappa shape index (κ3) is 6.45. The number of hydrogen-bond acceptors (Lipinski definition) is 6. The quantitative estimate of drug-likeness (QED) is 0.191. The molecule has 0 aliphatic carbocycles. The summed E-state index contributed by atoms with van der Waals surface area (Å²) in [6.45, 7) is 5.62. The smallest absolute Gasteiger partial charge is 0.343 e. The van der Waals surface area contributed by atoms with Crippen molar-refractivity contribution in [2.24, 2.45) is 5.10 Å². The summed E-state index contributed by atoms with van der Waals surface area (Å²) >= 11 is 3.41. The SMILES string of the molecule is COc1cc(/C=N/NC(=O)COc2c(C)cccc2C)cc(Br)c1OC(=O)c1ccc(C)cc1. The number of nitrogens with zero attached hydrogens (tertiary/aromatic N) is 1. The minimum absolute atomic E-state index is 0.163. The maximum Gasteiger partial charge on any atom is 0.343 e. The number of hydrogen-bond donors (Lipinski definition) is 1. The lowest BCUT2D eigenvalue weighted by Gasteiger charge is -2.12. The zero-order valence-electron chi connectivity index (χ0n) is 19.3. The maximum atomic E-state index is 12.5. The second-order valence-corrected chi connectivity index (χ2v) is 8.45. The van der Waals surface area contributed by atoms with E-state index in [1.54, 1.807) is 24.3 Å². The van der Waals surface area contributed by atoms with E-state index < -0.39 is 11.9 Å². The molecule has 0 saturated heterocycles. The number of esters is 1. The highest BCUT2D eigenvalue weighted by Gasteiger charge is 2.17. The van der Waals surface area contributed by atoms with Gasteiger partial charge in [-0.1, -0.05) is 35.9 Å². The fourth-order valence-corrected chi connectivity index (χ4v) is 3.67. The molecule has 0 unspecified atom stereocenters. The number of methoxy groups -OCH3 is 1. The Kier molecular flexibility index (Phi) is 8.43. The summed E-state index contributed by atoms with van der Waals surface area (Å²) in [5, 5.41) is 3.97. The van der Waals surface area contributed by atoms with Gasteiger partial charge in [-0.05, 0) is 77.7 Å². The van der Waals surface area contributed by atoms with Gasteiger partial charge in [-0.3, -0.25) is 4.79 Å². The predicted octanol–water partition coefficient (Wildman–Crippen LogP) is 5.13. The van der Waals surface area contributed by atoms with Crippen molar-refractivity contribution in [2.75, 3.05) is 13.7 Å². The number of benzene rings is 3. The zero-order chi connectivity index (χ0) is 24.7. The van der Waals surface area contributed by atoms with Crippen LogP contribution in [0.2, 0.25) is 0 Å². The highest BCUT2D eigenvalue weighted by molar-refractivity contribution is 9.10. The largest absolute Gasteiger partial charge is 0.493 e. The van der Waals surface area contributed by atoms with Gasteiger partial charge in [-0.25, -0.2) is 10.2 Å². The first-order chi connectivity index (χ1) is 16.3. The van der Waals surface area contributed by atoms with E-state index in [0.29, 0.717) is 27.1 Å². The lowest BCUT2D eigenvalue weighted by atomic mass is 10.1. The number of halogens is 1. The maximum absolute atomic E-state index is 12.5. The summed E-state index contributed by atoms with van der Waals surface area (Å²) in [6.07, 6.45) is 1.45. The van der Waals surface area contributed by atoms with E-state index in [9.17, 15) is 9.59 Å². The van der Waals surface area contributed by atoms with Gasteiger partial charge in [-0.15, -0.1) is 0 Å². The van der Waals surface area contributed by atoms with Gasteiger partial charge in [0.2, 0.25) is 0 Å². The Morgan fingerprint density at radius 2 is 1.68 bits per heavy atom. The minimum Gasteiger partial charge on any atom is -0.493 e. The topological polar surface area (TPSA) is 86.2 Å². The molecule has 0 fully saturated rings. The fourth-order valence-electron chi connectivity index (χ4n) is 3.13. The van der Waals surface area contributed by atoms with E-state index in [1.165, 1.54) is 13.3 Å². The molecule has 0 bridgehead atoms. The summed E-state index contributed by atoms with van der Waals surface area (Å²) in [7, 11) is 1.47. The lowest BCUT2D eigenvalue weighted by molar-refractivity contribution is -0.123. The number of aryl methyl sites for hydroxylation is 3. The third-order valence-corrected chi connectivity index (χ3v) is 5.48. The van der Waals surface area contributed by atoms with Crippen molar-refractivity contribution < 1.29 is 23.8 Å². The van der Waals surface area contributed by atoms with Gasteiger partial charge in [-0.2, -0.15) is 5.10 Å². The van der Waals surface area contributed by atoms with Crippen LogP contribution >= 0.6 is 15.9 Å². The number of para-hydroxylation sites is 1. The molecular formula is C26H25BrN2O5. The second kappa shape index (κ2) is 11.5. The molecular weight excluding hydrogens is 500 g/mol. The molecule has 0 atom stereocenters. The van der Waals surface area contributed by atoms with Gasteiger partial charge < -0.3 is 14.2 Å². The highest BCUT2D eigenvalue weighted by atomic mass is 79.9. The van der Waals surface area contributed by atoms with Crippen LogP contribution in [0.1, 0.15) is 32.6 Å². The normalized spacial score (nSPS) is 10.7. The average Bonchev–Trinajstić information content (AvgIpc) is 2.80. The molecule has 3 aromatic carbocycles. The molecule has 7 nitrogen and oxygen atoms in total. The van der Waals surface area contributed by atoms with Crippen LogP contribution < -0.4 is 19.6 Å². The van der Waals surface area contributed by atoms with Gasteiger partial charge in [0, 0.05) is 0 Å². The molecule has 34 heavy (non-hydrogen) atoms. The molecule has 0 aliphatic heterocycles. The first kappa shape index (κ1) is 25.0. The lowest BCUT2D eigenvalue weighted by Crippen LogP contribution is -2.25. The molecule has 1 N–H and O–H groups in total. The molecule has 0 spiro atoms. The molecule has 3 aromatic rings. The Bertz CT molecular complexity index is 1200. The first-order valence-corrected chi connectivity index (χ1v) is 11.2. The van der Waals surface area contributed by atoms with Gasteiger partial charge >= 0.3 is 5.97 Å². The summed E-state index contributed by atoms with van der Waals surface area (Å²) in [5.41, 5.74) is 6.44. The number of hydrazone groups is 1. The molecule has 8 heteroatoms. The number of amides is 1. The second-order valence-electron chi connectivity index (χ2n) is 7.59. The van der Waals surface area contributed by atoms with Crippen molar-refractivity contribution in [3.05, 3.63) is 86.9 Å². The summed E-state index contributed by atoms with van der Waals surface area (Å²) in [6, 6.07) is 16.2. The van der Waals surface area contributed by atoms with Crippen LogP contribution in [-0.4, -0.2) is 31.8 Å². The number of rotatable bonds is 8. The Balaban J connectivity index is 1.63. The van der Waals surface area contributed by atoms with E-state index in [2.05, 4.69) is 26.5 Å². The van der Waals surface area contributed by atoms with Crippen molar-refractivity contribution in [3.8, 4) is 17.2 Å². The summed E-state index contributed by atoms with van der Waals surface area (Å²) in [4.78, 5) is 24.6. The minimum atomic E-state index is -0.503. The van der Waals surface area contributed by atoms with Crippen molar-refractivity contribution in [1.82, 2.24) is 5.43 Å². The standard InChI is InChI=1S/C26H25BrN2O5/c1-16-8-10-20(11-9-16)26(31)34-25-21(27)12-19(13-22(25)32-4)14-28-29-23(30)15-33-24-17(2)6-5-7-18(24)3/h5-14H,15H2,1-4H3,(H,29,30)/b28-14+. The molecule has 1 amide bonds. The number of ether oxygens (including phenoxy) is 3. The first-order valence-electron chi connectivity index (χ1n) is 10.5. The van der Waals surface area contributed by atoms with E-state index in [-0.39, 0.29) is 12.4 Å². The van der Waals surface area contributed by atoms with Gasteiger partial charge in [0.05, 0.1) is 23.4 Å². The van der Waals surface area contributed by atoms with Gasteiger partial charge in [0.15, 0.2) is 18.1 Å². The molecule has 0 heterocycles. The Morgan fingerprint density at radius 3 is 2.32 bits per heavy atom. The summed E-state index contributed by atoms with van der Waals surface area (Å²) in [5.74, 6) is 0.369. The number of nitrogens with one attached hydrogen (secondary N) is 1. The van der Waals surface area contributed by atoms with Crippen LogP contribution in [0.4, 0.5) is 0 Å². The van der Waals surface area contributed by atoms with Crippen LogP contribution in [0.5, 0.6) is 17.2 Å².